The Balaban J connectivity index is 1.53. The summed E-state index contributed by atoms with van der Waals surface area (Å²) in [5, 5.41) is 7.55. The maximum Gasteiger partial charge on any atom is 0.269 e. The van der Waals surface area contributed by atoms with Crippen molar-refractivity contribution < 1.29 is 13.6 Å². The van der Waals surface area contributed by atoms with Gasteiger partial charge in [-0.3, -0.25) is 14.5 Å². The molecule has 1 aromatic carbocycles. The Morgan fingerprint density at radius 2 is 2.00 bits per heavy atom. The monoisotopic (exact) mass is 378 g/mol. The number of halogens is 2. The van der Waals surface area contributed by atoms with Crippen molar-refractivity contribution in [1.82, 2.24) is 20.1 Å². The van der Waals surface area contributed by atoms with Gasteiger partial charge in [0.05, 0.1) is 17.9 Å². The van der Waals surface area contributed by atoms with E-state index in [1.54, 1.807) is 16.8 Å². The number of amides is 1. The SMILES string of the molecule is O=C1NCCn2nc3c(c21)CCc1cnc(/C=C/c2ccc(F)c(F)c2)cc1-3. The largest absolute Gasteiger partial charge is 0.349 e. The van der Waals surface area contributed by atoms with Crippen molar-refractivity contribution in [2.24, 2.45) is 0 Å². The van der Waals surface area contributed by atoms with Gasteiger partial charge in [0.25, 0.3) is 5.91 Å². The second kappa shape index (κ2) is 6.37. The molecule has 0 saturated carbocycles. The highest BCUT2D eigenvalue weighted by molar-refractivity contribution is 5.97. The molecule has 0 fully saturated rings. The van der Waals surface area contributed by atoms with Crippen LogP contribution in [0.5, 0.6) is 0 Å². The Hall–Kier alpha value is -3.35. The molecule has 5 rings (SSSR count). The van der Waals surface area contributed by atoms with Gasteiger partial charge in [0.15, 0.2) is 11.6 Å². The molecule has 0 unspecified atom stereocenters. The van der Waals surface area contributed by atoms with Crippen LogP contribution in [0.15, 0.2) is 30.5 Å². The van der Waals surface area contributed by atoms with Crippen LogP contribution in [0.25, 0.3) is 23.4 Å². The standard InChI is InChI=1S/C21H16F2N4O/c22-17-6-2-12(9-18(17)23)1-4-14-10-16-13(11-25-14)3-5-15-19(16)26-27-8-7-24-21(28)20(15)27/h1-2,4,6,9-11H,3,5,7-8H2,(H,24,28)/b4-1+. The molecule has 0 atom stereocenters. The molecule has 140 valence electrons. The van der Waals surface area contributed by atoms with Crippen LogP contribution in [-0.4, -0.2) is 27.2 Å². The van der Waals surface area contributed by atoms with Gasteiger partial charge in [-0.2, -0.15) is 5.10 Å². The average molecular weight is 378 g/mol. The van der Waals surface area contributed by atoms with Crippen molar-refractivity contribution in [3.63, 3.8) is 0 Å². The topological polar surface area (TPSA) is 59.8 Å². The fraction of sp³-hybridized carbons (Fsp3) is 0.190. The number of aromatic nitrogens is 3. The third-order valence-electron chi connectivity index (χ3n) is 5.17. The predicted molar refractivity (Wildman–Crippen MR) is 100 cm³/mol. The lowest BCUT2D eigenvalue weighted by Gasteiger charge is -2.17. The van der Waals surface area contributed by atoms with Crippen LogP contribution in [0.4, 0.5) is 8.78 Å². The first kappa shape index (κ1) is 16.8. The summed E-state index contributed by atoms with van der Waals surface area (Å²) in [7, 11) is 0. The van der Waals surface area contributed by atoms with Crippen molar-refractivity contribution >= 4 is 18.1 Å². The number of nitrogens with one attached hydrogen (secondary N) is 1. The summed E-state index contributed by atoms with van der Waals surface area (Å²) >= 11 is 0. The minimum atomic E-state index is -0.882. The number of rotatable bonds is 2. The third-order valence-corrected chi connectivity index (χ3v) is 5.17. The van der Waals surface area contributed by atoms with Crippen molar-refractivity contribution in [2.75, 3.05) is 6.54 Å². The summed E-state index contributed by atoms with van der Waals surface area (Å²) in [5.74, 6) is -1.83. The van der Waals surface area contributed by atoms with Crippen LogP contribution in [0.3, 0.4) is 0 Å². The number of nitrogens with zero attached hydrogens (tertiary/aromatic N) is 3. The molecule has 3 aromatic rings. The van der Waals surface area contributed by atoms with E-state index in [2.05, 4.69) is 15.4 Å². The normalized spacial score (nSPS) is 15.1. The number of aryl methyl sites for hydroxylation is 1. The zero-order chi connectivity index (χ0) is 19.3. The molecule has 0 radical (unpaired) electrons. The van der Waals surface area contributed by atoms with E-state index in [1.807, 2.05) is 12.3 Å². The summed E-state index contributed by atoms with van der Waals surface area (Å²) in [6, 6.07) is 5.68. The molecular formula is C21H16F2N4O. The second-order valence-electron chi connectivity index (χ2n) is 6.93. The molecule has 28 heavy (non-hydrogen) atoms. The van der Waals surface area contributed by atoms with Gasteiger partial charge in [0.1, 0.15) is 5.69 Å². The molecule has 0 spiro atoms. The third kappa shape index (κ3) is 2.70. The summed E-state index contributed by atoms with van der Waals surface area (Å²) < 4.78 is 28.2. The summed E-state index contributed by atoms with van der Waals surface area (Å²) in [5.41, 5.74) is 5.76. The maximum absolute atomic E-state index is 13.4. The highest BCUT2D eigenvalue weighted by Crippen LogP contribution is 2.35. The molecule has 7 heteroatoms. The van der Waals surface area contributed by atoms with Gasteiger partial charge in [-0.1, -0.05) is 12.1 Å². The van der Waals surface area contributed by atoms with Crippen LogP contribution in [0.2, 0.25) is 0 Å². The lowest BCUT2D eigenvalue weighted by molar-refractivity contribution is 0.0923. The Labute approximate surface area is 159 Å². The van der Waals surface area contributed by atoms with Crippen LogP contribution >= 0.6 is 0 Å². The lowest BCUT2D eigenvalue weighted by Crippen LogP contribution is -2.36. The zero-order valence-corrected chi connectivity index (χ0v) is 14.9. The van der Waals surface area contributed by atoms with E-state index in [0.717, 1.165) is 47.4 Å². The van der Waals surface area contributed by atoms with Gasteiger partial charge in [0, 0.05) is 23.9 Å². The molecular weight excluding hydrogens is 362 g/mol. The Kier molecular flexibility index (Phi) is 3.82. The van der Waals surface area contributed by atoms with Gasteiger partial charge >= 0.3 is 0 Å². The van der Waals surface area contributed by atoms with Gasteiger partial charge in [0.2, 0.25) is 0 Å². The molecule has 1 aliphatic carbocycles. The number of hydrogen-bond acceptors (Lipinski definition) is 3. The molecule has 1 aliphatic heterocycles. The van der Waals surface area contributed by atoms with Crippen LogP contribution in [-0.2, 0) is 19.4 Å². The van der Waals surface area contributed by atoms with Crippen LogP contribution < -0.4 is 5.32 Å². The maximum atomic E-state index is 13.4. The molecule has 1 N–H and O–H groups in total. The van der Waals surface area contributed by atoms with E-state index >= 15 is 0 Å². The minimum absolute atomic E-state index is 0.0732. The molecule has 0 bridgehead atoms. The van der Waals surface area contributed by atoms with Gasteiger partial charge in [-0.05, 0) is 48.2 Å². The Morgan fingerprint density at radius 1 is 1.11 bits per heavy atom. The first-order valence-electron chi connectivity index (χ1n) is 9.10. The first-order valence-corrected chi connectivity index (χ1v) is 9.10. The van der Waals surface area contributed by atoms with Gasteiger partial charge in [-0.25, -0.2) is 8.78 Å². The fourth-order valence-electron chi connectivity index (χ4n) is 3.80. The Bertz CT molecular complexity index is 1150. The smallest absolute Gasteiger partial charge is 0.269 e. The number of hydrogen-bond donors (Lipinski definition) is 1. The molecule has 1 amide bonds. The van der Waals surface area contributed by atoms with Crippen molar-refractivity contribution in [2.45, 2.75) is 19.4 Å². The number of fused-ring (bicyclic) bond motifs is 5. The lowest BCUT2D eigenvalue weighted by atomic mass is 9.89. The summed E-state index contributed by atoms with van der Waals surface area (Å²) in [6.07, 6.45) is 6.82. The zero-order valence-electron chi connectivity index (χ0n) is 14.9. The molecule has 2 aliphatic rings. The molecule has 2 aromatic heterocycles. The minimum Gasteiger partial charge on any atom is -0.349 e. The van der Waals surface area contributed by atoms with Gasteiger partial charge in [-0.15, -0.1) is 0 Å². The highest BCUT2D eigenvalue weighted by atomic mass is 19.2. The molecule has 5 nitrogen and oxygen atoms in total. The quantitative estimate of drug-likeness (QED) is 0.745. The number of benzene rings is 1. The van der Waals surface area contributed by atoms with Crippen molar-refractivity contribution in [3.8, 4) is 11.3 Å². The van der Waals surface area contributed by atoms with Crippen LogP contribution in [0, 0.1) is 11.6 Å². The van der Waals surface area contributed by atoms with E-state index < -0.39 is 11.6 Å². The van der Waals surface area contributed by atoms with E-state index in [9.17, 15) is 13.6 Å². The average Bonchev–Trinajstić information content (AvgIpc) is 3.09. The number of carbonyl (C=O) groups excluding carboxylic acids is 1. The van der Waals surface area contributed by atoms with E-state index in [4.69, 9.17) is 0 Å². The number of carbonyl (C=O) groups is 1. The number of pyridine rings is 1. The molecule has 0 saturated heterocycles. The summed E-state index contributed by atoms with van der Waals surface area (Å²) in [6.45, 7) is 1.25. The van der Waals surface area contributed by atoms with E-state index in [-0.39, 0.29) is 5.91 Å². The van der Waals surface area contributed by atoms with Crippen LogP contribution in [0.1, 0.15) is 32.9 Å². The van der Waals surface area contributed by atoms with Crippen molar-refractivity contribution in [3.05, 3.63) is 70.2 Å². The Morgan fingerprint density at radius 3 is 2.86 bits per heavy atom. The summed E-state index contributed by atoms with van der Waals surface area (Å²) in [4.78, 5) is 16.7. The van der Waals surface area contributed by atoms with E-state index in [1.165, 1.54) is 6.07 Å². The van der Waals surface area contributed by atoms with E-state index in [0.29, 0.717) is 30.0 Å². The highest BCUT2D eigenvalue weighted by Gasteiger charge is 2.30. The first-order chi connectivity index (χ1) is 13.6. The fourth-order valence-corrected chi connectivity index (χ4v) is 3.80. The van der Waals surface area contributed by atoms with Gasteiger partial charge < -0.3 is 5.32 Å². The second-order valence-corrected chi connectivity index (χ2v) is 6.93. The molecule has 3 heterocycles. The van der Waals surface area contributed by atoms with Crippen molar-refractivity contribution in [1.29, 1.82) is 0 Å². The predicted octanol–water partition coefficient (Wildman–Crippen LogP) is 3.24.